The van der Waals surface area contributed by atoms with Crippen molar-refractivity contribution in [1.82, 2.24) is 5.32 Å². The van der Waals surface area contributed by atoms with Crippen molar-refractivity contribution in [2.75, 3.05) is 37.4 Å². The minimum absolute atomic E-state index is 0.0950. The molecule has 1 heterocycles. The van der Waals surface area contributed by atoms with Crippen LogP contribution in [-0.2, 0) is 19.6 Å². The van der Waals surface area contributed by atoms with Gasteiger partial charge in [-0.1, -0.05) is 11.6 Å². The van der Waals surface area contributed by atoms with Gasteiger partial charge in [0.1, 0.15) is 5.75 Å². The Hall–Kier alpha value is -1.51. The number of halogens is 1. The molecule has 7 nitrogen and oxygen atoms in total. The monoisotopic (exact) mass is 362 g/mol. The van der Waals surface area contributed by atoms with Gasteiger partial charge in [-0.2, -0.15) is 0 Å². The third kappa shape index (κ3) is 4.49. The van der Waals surface area contributed by atoms with Gasteiger partial charge in [0.2, 0.25) is 10.0 Å². The first-order valence-electron chi connectivity index (χ1n) is 7.03. The van der Waals surface area contributed by atoms with E-state index in [0.29, 0.717) is 36.0 Å². The van der Waals surface area contributed by atoms with E-state index in [2.05, 4.69) is 5.32 Å². The van der Waals surface area contributed by atoms with Crippen molar-refractivity contribution in [3.63, 3.8) is 0 Å². The molecule has 0 saturated heterocycles. The molecule has 0 aliphatic carbocycles. The van der Waals surface area contributed by atoms with E-state index in [1.54, 1.807) is 19.2 Å². The van der Waals surface area contributed by atoms with Crippen molar-refractivity contribution in [3.05, 3.63) is 23.2 Å². The molecule has 9 heteroatoms. The van der Waals surface area contributed by atoms with Crippen LogP contribution in [-0.4, -0.2) is 53.5 Å². The molecule has 1 N–H and O–H groups in total. The lowest BCUT2D eigenvalue weighted by molar-refractivity contribution is -0.127. The molecule has 0 aromatic heterocycles. The average Bonchev–Trinajstić information content (AvgIpc) is 2.49. The number of hydrogen-bond acceptors (Lipinski definition) is 5. The summed E-state index contributed by atoms with van der Waals surface area (Å²) in [5.74, 6) is -0.0570. The van der Waals surface area contributed by atoms with Gasteiger partial charge in [-0.15, -0.1) is 0 Å². The molecule has 1 amide bonds. The van der Waals surface area contributed by atoms with E-state index < -0.39 is 16.1 Å². The predicted octanol–water partition coefficient (Wildman–Crippen LogP) is 1.02. The summed E-state index contributed by atoms with van der Waals surface area (Å²) in [4.78, 5) is 12.2. The highest BCUT2D eigenvalue weighted by atomic mass is 35.5. The first-order chi connectivity index (χ1) is 10.8. The van der Waals surface area contributed by atoms with E-state index in [4.69, 9.17) is 21.1 Å². The molecule has 0 saturated carbocycles. The number of nitrogens with one attached hydrogen (secondary N) is 1. The molecule has 1 aromatic carbocycles. The third-order valence-electron chi connectivity index (χ3n) is 3.31. The Balaban J connectivity index is 2.17. The molecule has 0 radical (unpaired) electrons. The highest BCUT2D eigenvalue weighted by Crippen LogP contribution is 2.36. The maximum Gasteiger partial charge on any atom is 0.263 e. The topological polar surface area (TPSA) is 84.9 Å². The quantitative estimate of drug-likeness (QED) is 0.764. The number of benzene rings is 1. The number of carbonyl (C=O) groups is 1. The van der Waals surface area contributed by atoms with E-state index >= 15 is 0 Å². The number of nitrogens with zero attached hydrogens (tertiary/aromatic N) is 1. The first-order valence-corrected chi connectivity index (χ1v) is 9.26. The number of methoxy groups -OCH3 is 1. The van der Waals surface area contributed by atoms with Crippen LogP contribution in [0.3, 0.4) is 0 Å². The third-order valence-corrected chi connectivity index (χ3v) is 4.69. The second-order valence-corrected chi connectivity index (χ2v) is 7.49. The lowest BCUT2D eigenvalue weighted by Crippen LogP contribution is -2.50. The second kappa shape index (κ2) is 7.37. The highest BCUT2D eigenvalue weighted by molar-refractivity contribution is 7.92. The Morgan fingerprint density at radius 2 is 2.26 bits per heavy atom. The van der Waals surface area contributed by atoms with Crippen molar-refractivity contribution in [2.45, 2.75) is 12.5 Å². The van der Waals surface area contributed by atoms with Gasteiger partial charge in [0.25, 0.3) is 5.91 Å². The lowest BCUT2D eigenvalue weighted by Gasteiger charge is -2.34. The van der Waals surface area contributed by atoms with Gasteiger partial charge in [-0.05, 0) is 24.6 Å². The van der Waals surface area contributed by atoms with Crippen LogP contribution in [0.1, 0.15) is 6.42 Å². The van der Waals surface area contributed by atoms with Crippen molar-refractivity contribution in [2.24, 2.45) is 0 Å². The van der Waals surface area contributed by atoms with Gasteiger partial charge in [-0.25, -0.2) is 8.42 Å². The van der Waals surface area contributed by atoms with Crippen LogP contribution in [0.2, 0.25) is 5.02 Å². The largest absolute Gasteiger partial charge is 0.476 e. The molecule has 0 unspecified atom stereocenters. The highest BCUT2D eigenvalue weighted by Gasteiger charge is 2.35. The van der Waals surface area contributed by atoms with E-state index in [-0.39, 0.29) is 12.5 Å². The van der Waals surface area contributed by atoms with Crippen LogP contribution in [0.15, 0.2) is 18.2 Å². The maximum absolute atomic E-state index is 12.2. The van der Waals surface area contributed by atoms with Crippen LogP contribution in [0, 0.1) is 0 Å². The molecule has 0 fully saturated rings. The summed E-state index contributed by atoms with van der Waals surface area (Å²) in [6.07, 6.45) is 0.828. The van der Waals surface area contributed by atoms with E-state index in [0.717, 1.165) is 10.6 Å². The van der Waals surface area contributed by atoms with Gasteiger partial charge in [0.05, 0.1) is 18.5 Å². The molecule has 2 rings (SSSR count). The van der Waals surface area contributed by atoms with E-state index in [9.17, 15) is 13.2 Å². The van der Waals surface area contributed by atoms with Crippen molar-refractivity contribution in [1.29, 1.82) is 0 Å². The zero-order valence-electron chi connectivity index (χ0n) is 12.9. The van der Waals surface area contributed by atoms with Crippen molar-refractivity contribution < 1.29 is 22.7 Å². The van der Waals surface area contributed by atoms with Crippen LogP contribution in [0.5, 0.6) is 5.75 Å². The fraction of sp³-hybridized carbons (Fsp3) is 0.500. The SMILES string of the molecule is COCCCNC(=O)[C@@H]1CN(S(C)(=O)=O)c2cc(Cl)ccc2O1. The van der Waals surface area contributed by atoms with E-state index in [1.807, 2.05) is 0 Å². The molecule has 23 heavy (non-hydrogen) atoms. The Morgan fingerprint density at radius 3 is 2.91 bits per heavy atom. The summed E-state index contributed by atoms with van der Waals surface area (Å²) in [5.41, 5.74) is 0.337. The zero-order valence-corrected chi connectivity index (χ0v) is 14.5. The molecule has 1 atom stereocenters. The fourth-order valence-corrected chi connectivity index (χ4v) is 3.29. The summed E-state index contributed by atoms with van der Waals surface area (Å²) in [5, 5.41) is 3.10. The number of amides is 1. The summed E-state index contributed by atoms with van der Waals surface area (Å²) in [6.45, 7) is 0.865. The minimum Gasteiger partial charge on any atom is -0.476 e. The fourth-order valence-electron chi connectivity index (χ4n) is 2.22. The van der Waals surface area contributed by atoms with Gasteiger partial charge in [0.15, 0.2) is 6.10 Å². The van der Waals surface area contributed by atoms with Crippen LogP contribution < -0.4 is 14.4 Å². The van der Waals surface area contributed by atoms with Crippen LogP contribution in [0.4, 0.5) is 5.69 Å². The zero-order chi connectivity index (χ0) is 17.0. The Morgan fingerprint density at radius 1 is 1.52 bits per heavy atom. The number of anilines is 1. The number of ether oxygens (including phenoxy) is 2. The smallest absolute Gasteiger partial charge is 0.263 e. The number of fused-ring (bicyclic) bond motifs is 1. The molecule has 128 valence electrons. The normalized spacial score (nSPS) is 17.3. The Labute approximate surface area is 140 Å². The predicted molar refractivity (Wildman–Crippen MR) is 87.6 cm³/mol. The summed E-state index contributed by atoms with van der Waals surface area (Å²) < 4.78 is 35.7. The van der Waals surface area contributed by atoms with Crippen molar-refractivity contribution in [3.8, 4) is 5.75 Å². The van der Waals surface area contributed by atoms with Gasteiger partial charge < -0.3 is 14.8 Å². The summed E-state index contributed by atoms with van der Waals surface area (Å²) in [6, 6.07) is 4.64. The van der Waals surface area contributed by atoms with E-state index in [1.165, 1.54) is 6.07 Å². The Bertz CT molecular complexity index is 680. The molecule has 1 aliphatic rings. The number of carbonyl (C=O) groups excluding carboxylic acids is 1. The summed E-state index contributed by atoms with van der Waals surface area (Å²) >= 11 is 5.92. The van der Waals surface area contributed by atoms with Gasteiger partial charge in [-0.3, -0.25) is 9.10 Å². The molecular weight excluding hydrogens is 344 g/mol. The minimum atomic E-state index is -3.56. The molecule has 0 bridgehead atoms. The second-order valence-electron chi connectivity index (χ2n) is 5.15. The number of rotatable bonds is 6. The maximum atomic E-state index is 12.2. The Kier molecular flexibility index (Phi) is 5.72. The lowest BCUT2D eigenvalue weighted by atomic mass is 10.2. The van der Waals surface area contributed by atoms with Crippen LogP contribution >= 0.6 is 11.6 Å². The first kappa shape index (κ1) is 17.8. The summed E-state index contributed by atoms with van der Waals surface area (Å²) in [7, 11) is -1.98. The number of sulfonamides is 1. The molecule has 0 spiro atoms. The molecular formula is C14H19ClN2O5S. The van der Waals surface area contributed by atoms with Crippen molar-refractivity contribution >= 4 is 33.2 Å². The average molecular weight is 363 g/mol. The van der Waals surface area contributed by atoms with Gasteiger partial charge >= 0.3 is 0 Å². The number of hydrogen-bond donors (Lipinski definition) is 1. The molecule has 1 aliphatic heterocycles. The van der Waals surface area contributed by atoms with Gasteiger partial charge in [0, 0.05) is 25.3 Å². The standard InChI is InChI=1S/C14H19ClN2O5S/c1-21-7-3-6-16-14(18)13-9-17(23(2,19)20)11-8-10(15)4-5-12(11)22-13/h4-5,8,13H,3,6-7,9H2,1-2H3,(H,16,18)/t13-/m0/s1. The van der Waals surface area contributed by atoms with Crippen LogP contribution in [0.25, 0.3) is 0 Å². The molecule has 1 aromatic rings.